The van der Waals surface area contributed by atoms with Crippen LogP contribution in [-0.4, -0.2) is 5.60 Å². The molecular weight excluding hydrogens is 613 g/mol. The fourth-order valence-electron chi connectivity index (χ4n) is 7.63. The van der Waals surface area contributed by atoms with E-state index in [4.69, 9.17) is 4.74 Å². The second-order valence-electron chi connectivity index (χ2n) is 14.9. The van der Waals surface area contributed by atoms with Crippen molar-refractivity contribution in [1.29, 1.82) is 15.8 Å². The first-order valence-corrected chi connectivity index (χ1v) is 17.6. The first-order chi connectivity index (χ1) is 24.1. The first-order valence-electron chi connectivity index (χ1n) is 17.6. The molecule has 1 saturated carbocycles. The number of hydrogen-bond donors (Lipinski definition) is 0. The summed E-state index contributed by atoms with van der Waals surface area (Å²) in [6.07, 6.45) is 16.9. The van der Waals surface area contributed by atoms with E-state index < -0.39 is 5.60 Å². The molecule has 1 aliphatic heterocycles. The SMILES string of the molecule is CC1(C)CC(/C=C/c2ccc(N(c3ccccc3)c3ccc(C4CCCCC4)cc3)cc2)=CC(=C/C2=C(C#N)C(=C(C#N)C#N)OC2(C)C)/C1. The summed E-state index contributed by atoms with van der Waals surface area (Å²) in [5.74, 6) is 0.748. The molecule has 0 spiro atoms. The minimum Gasteiger partial charge on any atom is -0.480 e. The molecule has 1 heterocycles. The average Bonchev–Trinajstić information content (AvgIpc) is 3.37. The number of nitriles is 3. The van der Waals surface area contributed by atoms with Crippen LogP contribution in [0, 0.1) is 39.4 Å². The van der Waals surface area contributed by atoms with Crippen LogP contribution in [-0.2, 0) is 4.74 Å². The lowest BCUT2D eigenvalue weighted by Crippen LogP contribution is -2.22. The zero-order valence-electron chi connectivity index (χ0n) is 29.5. The fourth-order valence-corrected chi connectivity index (χ4v) is 7.63. The minimum absolute atomic E-state index is 0.00689. The maximum absolute atomic E-state index is 10.0. The van der Waals surface area contributed by atoms with Gasteiger partial charge in [0.05, 0.1) is 0 Å². The van der Waals surface area contributed by atoms with Crippen molar-refractivity contribution in [3.63, 3.8) is 0 Å². The summed E-state index contributed by atoms with van der Waals surface area (Å²) >= 11 is 0. The van der Waals surface area contributed by atoms with E-state index in [1.54, 1.807) is 0 Å². The highest BCUT2D eigenvalue weighted by molar-refractivity contribution is 5.77. The number of hydrogen-bond acceptors (Lipinski definition) is 5. The van der Waals surface area contributed by atoms with E-state index in [9.17, 15) is 15.8 Å². The van der Waals surface area contributed by atoms with Crippen LogP contribution in [0.1, 0.15) is 89.7 Å². The molecule has 0 radical (unpaired) electrons. The quantitative estimate of drug-likeness (QED) is 0.236. The molecule has 5 heteroatoms. The third-order valence-electron chi connectivity index (χ3n) is 10.0. The molecule has 0 N–H and O–H groups in total. The largest absolute Gasteiger partial charge is 0.480 e. The lowest BCUT2D eigenvalue weighted by atomic mass is 9.74. The van der Waals surface area contributed by atoms with Gasteiger partial charge in [-0.3, -0.25) is 0 Å². The number of benzene rings is 3. The van der Waals surface area contributed by atoms with Gasteiger partial charge in [0.25, 0.3) is 0 Å². The molecule has 5 nitrogen and oxygen atoms in total. The number of allylic oxidation sites excluding steroid dienone is 6. The van der Waals surface area contributed by atoms with Crippen LogP contribution in [0.3, 0.4) is 0 Å². The molecule has 250 valence electrons. The summed E-state index contributed by atoms with van der Waals surface area (Å²) in [5.41, 5.74) is 8.14. The van der Waals surface area contributed by atoms with Crippen LogP contribution < -0.4 is 4.90 Å². The molecule has 6 rings (SSSR count). The summed E-state index contributed by atoms with van der Waals surface area (Å²) in [4.78, 5) is 2.32. The monoisotopic (exact) mass is 656 g/mol. The van der Waals surface area contributed by atoms with Gasteiger partial charge in [-0.05, 0) is 110 Å². The number of rotatable bonds is 7. The highest BCUT2D eigenvalue weighted by Gasteiger charge is 2.39. The molecule has 3 aliphatic rings. The van der Waals surface area contributed by atoms with Gasteiger partial charge in [0.2, 0.25) is 0 Å². The molecule has 0 bridgehead atoms. The topological polar surface area (TPSA) is 83.8 Å². The Kier molecular flexibility index (Phi) is 9.95. The summed E-state index contributed by atoms with van der Waals surface area (Å²) < 4.78 is 6.00. The lowest BCUT2D eigenvalue weighted by Gasteiger charge is -2.31. The Hall–Kier alpha value is -5.57. The molecule has 3 aromatic carbocycles. The maximum Gasteiger partial charge on any atom is 0.172 e. The molecular formula is C45H44N4O. The summed E-state index contributed by atoms with van der Waals surface area (Å²) in [6, 6.07) is 34.4. The van der Waals surface area contributed by atoms with Gasteiger partial charge in [-0.25, -0.2) is 0 Å². The van der Waals surface area contributed by atoms with Gasteiger partial charge in [0, 0.05) is 22.6 Å². The Morgan fingerprint density at radius 2 is 1.38 bits per heavy atom. The predicted molar refractivity (Wildman–Crippen MR) is 201 cm³/mol. The van der Waals surface area contributed by atoms with E-state index in [-0.39, 0.29) is 22.3 Å². The van der Waals surface area contributed by atoms with Crippen molar-refractivity contribution in [3.05, 3.63) is 142 Å². The molecule has 0 amide bonds. The van der Waals surface area contributed by atoms with Crippen molar-refractivity contribution in [2.45, 2.75) is 84.2 Å². The second-order valence-corrected chi connectivity index (χ2v) is 14.9. The van der Waals surface area contributed by atoms with E-state index in [2.05, 4.69) is 122 Å². The second kappa shape index (κ2) is 14.5. The molecule has 2 aliphatic carbocycles. The van der Waals surface area contributed by atoms with Crippen molar-refractivity contribution >= 4 is 23.1 Å². The van der Waals surface area contributed by atoms with E-state index >= 15 is 0 Å². The fraction of sp³-hybridized carbons (Fsp3) is 0.311. The number of nitrogens with zero attached hydrogens (tertiary/aromatic N) is 4. The Bertz CT molecular complexity index is 2000. The van der Waals surface area contributed by atoms with Crippen LogP contribution in [0.4, 0.5) is 17.1 Å². The van der Waals surface area contributed by atoms with E-state index in [0.29, 0.717) is 11.5 Å². The highest BCUT2D eigenvalue weighted by atomic mass is 16.5. The smallest absolute Gasteiger partial charge is 0.172 e. The van der Waals surface area contributed by atoms with E-state index in [0.717, 1.165) is 41.0 Å². The van der Waals surface area contributed by atoms with Crippen molar-refractivity contribution in [2.24, 2.45) is 5.41 Å². The number of ether oxygens (including phenoxy) is 1. The van der Waals surface area contributed by atoms with Gasteiger partial charge >= 0.3 is 0 Å². The molecule has 0 aromatic heterocycles. The third-order valence-corrected chi connectivity index (χ3v) is 10.0. The predicted octanol–water partition coefficient (Wildman–Crippen LogP) is 11.8. The summed E-state index contributed by atoms with van der Waals surface area (Å²) in [7, 11) is 0. The highest BCUT2D eigenvalue weighted by Crippen LogP contribution is 2.44. The van der Waals surface area contributed by atoms with Crippen LogP contribution in [0.25, 0.3) is 6.08 Å². The van der Waals surface area contributed by atoms with Crippen molar-refractivity contribution in [3.8, 4) is 18.2 Å². The molecule has 0 atom stereocenters. The van der Waals surface area contributed by atoms with Gasteiger partial charge < -0.3 is 9.64 Å². The molecule has 3 aromatic rings. The molecule has 1 fully saturated rings. The van der Waals surface area contributed by atoms with Gasteiger partial charge in [-0.15, -0.1) is 0 Å². The normalized spacial score (nSPS) is 19.3. The van der Waals surface area contributed by atoms with Crippen LogP contribution in [0.2, 0.25) is 0 Å². The van der Waals surface area contributed by atoms with E-state index in [1.165, 1.54) is 43.2 Å². The number of para-hydroxylation sites is 1. The summed E-state index contributed by atoms with van der Waals surface area (Å²) in [5, 5.41) is 28.9. The Labute approximate surface area is 297 Å². The van der Waals surface area contributed by atoms with E-state index in [1.807, 2.05) is 32.1 Å². The zero-order valence-corrected chi connectivity index (χ0v) is 29.5. The average molecular weight is 657 g/mol. The summed E-state index contributed by atoms with van der Waals surface area (Å²) in [6.45, 7) is 8.23. The van der Waals surface area contributed by atoms with Gasteiger partial charge in [0.1, 0.15) is 29.4 Å². The number of anilines is 3. The van der Waals surface area contributed by atoms with Gasteiger partial charge in [-0.1, -0.05) is 99.9 Å². The molecule has 0 unspecified atom stereocenters. The maximum atomic E-state index is 10.0. The Morgan fingerprint density at radius 1 is 0.760 bits per heavy atom. The van der Waals surface area contributed by atoms with Crippen molar-refractivity contribution < 1.29 is 4.74 Å². The van der Waals surface area contributed by atoms with Crippen LogP contribution in [0.5, 0.6) is 0 Å². The standard InChI is InChI=1S/C45H44N4O/c1-44(2)27-33(25-34(28-44)26-42-41(31-48)43(37(29-46)30-47)50-45(42,3)4)16-15-32-17-21-39(22-18-32)49(38-13-9-6-10-14-38)40-23-19-36(20-24-40)35-11-7-5-8-12-35/h6,9-10,13-26,35H,5,7-8,11-12,27-28H2,1-4H3/b16-15+,34-26-. The lowest BCUT2D eigenvalue weighted by molar-refractivity contribution is 0.0952. The molecule has 50 heavy (non-hydrogen) atoms. The minimum atomic E-state index is -0.843. The first kappa shape index (κ1) is 34.3. The zero-order chi connectivity index (χ0) is 35.3. The van der Waals surface area contributed by atoms with Crippen LogP contribution in [0.15, 0.2) is 131 Å². The third kappa shape index (κ3) is 7.52. The molecule has 0 saturated heterocycles. The van der Waals surface area contributed by atoms with Crippen molar-refractivity contribution in [1.82, 2.24) is 0 Å². The van der Waals surface area contributed by atoms with Gasteiger partial charge in [0.15, 0.2) is 11.3 Å². The van der Waals surface area contributed by atoms with Gasteiger partial charge in [-0.2, -0.15) is 15.8 Å². The van der Waals surface area contributed by atoms with Crippen molar-refractivity contribution in [2.75, 3.05) is 4.90 Å². The Balaban J connectivity index is 1.27. The Morgan fingerprint density at radius 3 is 2.00 bits per heavy atom. The van der Waals surface area contributed by atoms with Crippen LogP contribution >= 0.6 is 0 Å².